The molecule has 0 bridgehead atoms. The minimum absolute atomic E-state index is 0.0260. The molecule has 0 aliphatic rings. The van der Waals surface area contributed by atoms with Crippen molar-refractivity contribution in [3.05, 3.63) is 59.7 Å². The zero-order valence-electron chi connectivity index (χ0n) is 18.8. The van der Waals surface area contributed by atoms with Crippen LogP contribution in [-0.2, 0) is 4.79 Å². The van der Waals surface area contributed by atoms with Crippen molar-refractivity contribution in [2.45, 2.75) is 39.7 Å². The maximum absolute atomic E-state index is 13.1. The van der Waals surface area contributed by atoms with Gasteiger partial charge in [0.15, 0.2) is 0 Å². The smallest absolute Gasteiger partial charge is 0.254 e. The molecule has 0 spiro atoms. The summed E-state index contributed by atoms with van der Waals surface area (Å²) in [7, 11) is 1.62. The van der Waals surface area contributed by atoms with E-state index in [1.807, 2.05) is 69.3 Å². The molecule has 1 heterocycles. The van der Waals surface area contributed by atoms with Crippen molar-refractivity contribution in [2.75, 3.05) is 19.0 Å². The Balaban J connectivity index is 1.62. The van der Waals surface area contributed by atoms with Gasteiger partial charge in [-0.3, -0.25) is 9.59 Å². The van der Waals surface area contributed by atoms with Crippen molar-refractivity contribution in [2.24, 2.45) is 0 Å². The van der Waals surface area contributed by atoms with Crippen LogP contribution in [0.1, 0.15) is 42.6 Å². The number of nitrogens with zero attached hydrogens (tertiary/aromatic N) is 3. The second-order valence-electron chi connectivity index (χ2n) is 7.51. The number of carbonyl (C=O) groups excluding carboxylic acids is 2. The van der Waals surface area contributed by atoms with Gasteiger partial charge in [-0.25, -0.2) is 0 Å². The van der Waals surface area contributed by atoms with Gasteiger partial charge in [-0.05, 0) is 56.2 Å². The van der Waals surface area contributed by atoms with E-state index in [1.54, 1.807) is 12.0 Å². The highest BCUT2D eigenvalue weighted by atomic mass is 32.1. The van der Waals surface area contributed by atoms with E-state index in [2.05, 4.69) is 15.5 Å². The Bertz CT molecular complexity index is 1070. The van der Waals surface area contributed by atoms with Crippen LogP contribution in [0.15, 0.2) is 48.5 Å². The normalized spacial score (nSPS) is 11.6. The molecule has 2 amide bonds. The minimum atomic E-state index is -0.201. The van der Waals surface area contributed by atoms with Gasteiger partial charge >= 0.3 is 0 Å². The number of hydrogen-bond donors (Lipinski definition) is 1. The van der Waals surface area contributed by atoms with Crippen LogP contribution in [0, 0.1) is 6.92 Å². The molecule has 1 N–H and O–H groups in total. The van der Waals surface area contributed by atoms with Gasteiger partial charge in [0.25, 0.3) is 5.91 Å². The van der Waals surface area contributed by atoms with Gasteiger partial charge in [-0.15, -0.1) is 10.2 Å². The highest BCUT2D eigenvalue weighted by Crippen LogP contribution is 2.27. The summed E-state index contributed by atoms with van der Waals surface area (Å²) in [5, 5.41) is 12.2. The van der Waals surface area contributed by atoms with Gasteiger partial charge in [-0.1, -0.05) is 36.5 Å². The zero-order valence-corrected chi connectivity index (χ0v) is 19.6. The van der Waals surface area contributed by atoms with Crippen LogP contribution < -0.4 is 10.1 Å². The van der Waals surface area contributed by atoms with Crippen molar-refractivity contribution in [1.82, 2.24) is 15.1 Å². The fraction of sp³-hybridized carbons (Fsp3) is 0.333. The SMILES string of the molecule is CCC(C)N(CCC(=O)Nc1nnc(-c2ccc(OC)cc2)s1)C(=O)c1ccccc1C. The van der Waals surface area contributed by atoms with Crippen molar-refractivity contribution in [1.29, 1.82) is 0 Å². The molecule has 1 aromatic heterocycles. The molecule has 1 atom stereocenters. The summed E-state index contributed by atoms with van der Waals surface area (Å²) in [5.41, 5.74) is 2.49. The molecule has 168 valence electrons. The number of ether oxygens (including phenoxy) is 1. The number of hydrogen-bond acceptors (Lipinski definition) is 6. The Labute approximate surface area is 192 Å². The lowest BCUT2D eigenvalue weighted by Crippen LogP contribution is -2.40. The summed E-state index contributed by atoms with van der Waals surface area (Å²) in [4.78, 5) is 27.4. The standard InChI is InChI=1S/C24H28N4O3S/c1-5-17(3)28(23(30)20-9-7-6-8-16(20)2)15-14-21(29)25-24-27-26-22(32-24)18-10-12-19(31-4)13-11-18/h6-13,17H,5,14-15H2,1-4H3,(H,25,27,29). The molecule has 1 unspecified atom stereocenters. The Morgan fingerprint density at radius 3 is 2.50 bits per heavy atom. The molecule has 3 aromatic rings. The van der Waals surface area contributed by atoms with Gasteiger partial charge in [-0.2, -0.15) is 0 Å². The van der Waals surface area contributed by atoms with E-state index in [9.17, 15) is 9.59 Å². The molecule has 0 fully saturated rings. The van der Waals surface area contributed by atoms with Crippen LogP contribution >= 0.6 is 11.3 Å². The predicted molar refractivity (Wildman–Crippen MR) is 127 cm³/mol. The van der Waals surface area contributed by atoms with Gasteiger partial charge in [0.1, 0.15) is 10.8 Å². The predicted octanol–water partition coefficient (Wildman–Crippen LogP) is 4.79. The van der Waals surface area contributed by atoms with Crippen LogP contribution in [-0.4, -0.2) is 46.6 Å². The number of aryl methyl sites for hydroxylation is 1. The third kappa shape index (κ3) is 5.70. The van der Waals surface area contributed by atoms with E-state index in [0.29, 0.717) is 22.2 Å². The third-order valence-corrected chi connectivity index (χ3v) is 6.24. The molecule has 0 aliphatic heterocycles. The van der Waals surface area contributed by atoms with E-state index in [0.717, 1.165) is 23.3 Å². The quantitative estimate of drug-likeness (QED) is 0.504. The summed E-state index contributed by atoms with van der Waals surface area (Å²) in [5.74, 6) is 0.508. The molecule has 7 nitrogen and oxygen atoms in total. The number of methoxy groups -OCH3 is 1. The Kier molecular flexibility index (Phi) is 7.94. The first-order chi connectivity index (χ1) is 15.4. The fourth-order valence-corrected chi connectivity index (χ4v) is 4.00. The van der Waals surface area contributed by atoms with E-state index >= 15 is 0 Å². The second-order valence-corrected chi connectivity index (χ2v) is 8.49. The van der Waals surface area contributed by atoms with Gasteiger partial charge in [0.05, 0.1) is 7.11 Å². The van der Waals surface area contributed by atoms with Crippen LogP contribution in [0.3, 0.4) is 0 Å². The summed E-state index contributed by atoms with van der Waals surface area (Å²) in [6.07, 6.45) is 0.986. The Morgan fingerprint density at radius 1 is 1.12 bits per heavy atom. The molecule has 0 radical (unpaired) electrons. The van der Waals surface area contributed by atoms with Crippen molar-refractivity contribution >= 4 is 28.3 Å². The van der Waals surface area contributed by atoms with Crippen LogP contribution in [0.5, 0.6) is 5.75 Å². The summed E-state index contributed by atoms with van der Waals surface area (Å²) >= 11 is 1.30. The van der Waals surface area contributed by atoms with E-state index < -0.39 is 0 Å². The van der Waals surface area contributed by atoms with Crippen LogP contribution in [0.4, 0.5) is 5.13 Å². The highest BCUT2D eigenvalue weighted by molar-refractivity contribution is 7.18. The molecule has 0 aliphatic carbocycles. The topological polar surface area (TPSA) is 84.4 Å². The lowest BCUT2D eigenvalue weighted by atomic mass is 10.1. The lowest BCUT2D eigenvalue weighted by Gasteiger charge is -2.29. The average Bonchev–Trinajstić information content (AvgIpc) is 3.27. The van der Waals surface area contributed by atoms with Crippen LogP contribution in [0.2, 0.25) is 0 Å². The highest BCUT2D eigenvalue weighted by Gasteiger charge is 2.22. The van der Waals surface area contributed by atoms with E-state index in [1.165, 1.54) is 11.3 Å². The van der Waals surface area contributed by atoms with Gasteiger partial charge in [0.2, 0.25) is 11.0 Å². The minimum Gasteiger partial charge on any atom is -0.497 e. The number of anilines is 1. The number of amides is 2. The maximum atomic E-state index is 13.1. The summed E-state index contributed by atoms with van der Waals surface area (Å²) < 4.78 is 5.17. The molecular weight excluding hydrogens is 424 g/mol. The maximum Gasteiger partial charge on any atom is 0.254 e. The number of nitrogens with one attached hydrogen (secondary N) is 1. The van der Waals surface area contributed by atoms with E-state index in [4.69, 9.17) is 4.74 Å². The number of rotatable bonds is 9. The molecule has 3 rings (SSSR count). The first-order valence-electron chi connectivity index (χ1n) is 10.6. The number of carbonyl (C=O) groups is 2. The first kappa shape index (κ1) is 23.4. The molecular formula is C24H28N4O3S. The first-order valence-corrected chi connectivity index (χ1v) is 11.4. The molecule has 8 heteroatoms. The van der Waals surface area contributed by atoms with Crippen molar-refractivity contribution < 1.29 is 14.3 Å². The number of benzene rings is 2. The van der Waals surface area contributed by atoms with Crippen molar-refractivity contribution in [3.8, 4) is 16.3 Å². The fourth-order valence-electron chi connectivity index (χ4n) is 3.24. The van der Waals surface area contributed by atoms with Crippen molar-refractivity contribution in [3.63, 3.8) is 0 Å². The second kappa shape index (κ2) is 10.9. The zero-order chi connectivity index (χ0) is 23.1. The Hall–Kier alpha value is -3.26. The van der Waals surface area contributed by atoms with Gasteiger partial charge < -0.3 is 15.0 Å². The lowest BCUT2D eigenvalue weighted by molar-refractivity contribution is -0.116. The summed E-state index contributed by atoms with van der Waals surface area (Å²) in [6.45, 7) is 6.29. The largest absolute Gasteiger partial charge is 0.497 e. The van der Waals surface area contributed by atoms with Crippen LogP contribution in [0.25, 0.3) is 10.6 Å². The molecule has 32 heavy (non-hydrogen) atoms. The Morgan fingerprint density at radius 2 is 1.84 bits per heavy atom. The molecule has 0 saturated carbocycles. The molecule has 0 saturated heterocycles. The van der Waals surface area contributed by atoms with E-state index in [-0.39, 0.29) is 24.3 Å². The molecule has 2 aromatic carbocycles. The summed E-state index contributed by atoms with van der Waals surface area (Å²) in [6, 6.07) is 15.0. The van der Waals surface area contributed by atoms with Gasteiger partial charge in [0, 0.05) is 30.1 Å². The number of aromatic nitrogens is 2. The average molecular weight is 453 g/mol. The monoisotopic (exact) mass is 452 g/mol. The third-order valence-electron chi connectivity index (χ3n) is 5.35.